The lowest BCUT2D eigenvalue weighted by molar-refractivity contribution is -0.384. The van der Waals surface area contributed by atoms with Gasteiger partial charge in [-0.05, 0) is 43.2 Å². The van der Waals surface area contributed by atoms with Crippen molar-refractivity contribution in [1.82, 2.24) is 4.31 Å². The van der Waals surface area contributed by atoms with Crippen LogP contribution in [0.25, 0.3) is 0 Å². The van der Waals surface area contributed by atoms with Crippen LogP contribution < -0.4 is 0 Å². The van der Waals surface area contributed by atoms with Gasteiger partial charge in [-0.2, -0.15) is 4.31 Å². The molecule has 0 aliphatic carbocycles. The molecule has 1 aliphatic heterocycles. The molecule has 7 nitrogen and oxygen atoms in total. The first kappa shape index (κ1) is 18.5. The van der Waals surface area contributed by atoms with E-state index in [4.69, 9.17) is 11.6 Å². The zero-order chi connectivity index (χ0) is 18.7. The number of hydrogen-bond acceptors (Lipinski definition) is 5. The Hall–Kier alpha value is -2.29. The molecule has 0 spiro atoms. The van der Waals surface area contributed by atoms with Gasteiger partial charge in [-0.3, -0.25) is 15.1 Å². The maximum atomic E-state index is 12.5. The number of rotatable bonds is 5. The second-order valence-corrected chi connectivity index (χ2v) is 8.17. The van der Waals surface area contributed by atoms with Crippen LogP contribution in [0.5, 0.6) is 0 Å². The van der Waals surface area contributed by atoms with Crippen molar-refractivity contribution in [3.63, 3.8) is 0 Å². The molecule has 1 saturated heterocycles. The molecule has 9 heteroatoms. The average Bonchev–Trinajstić information content (AvgIpc) is 3.16. The predicted molar refractivity (Wildman–Crippen MR) is 99.8 cm³/mol. The van der Waals surface area contributed by atoms with Crippen LogP contribution in [-0.2, 0) is 10.0 Å². The zero-order valence-corrected chi connectivity index (χ0v) is 15.3. The molecule has 1 fully saturated rings. The fourth-order valence-corrected chi connectivity index (χ4v) is 4.35. The van der Waals surface area contributed by atoms with Crippen molar-refractivity contribution >= 4 is 39.2 Å². The lowest BCUT2D eigenvalue weighted by atomic mass is 10.2. The molecule has 0 unspecified atom stereocenters. The van der Waals surface area contributed by atoms with E-state index in [0.29, 0.717) is 29.4 Å². The van der Waals surface area contributed by atoms with Crippen LogP contribution >= 0.6 is 11.6 Å². The van der Waals surface area contributed by atoms with Crippen molar-refractivity contribution in [2.45, 2.75) is 17.7 Å². The molecule has 0 radical (unpaired) electrons. The lowest BCUT2D eigenvalue weighted by Crippen LogP contribution is -2.27. The van der Waals surface area contributed by atoms with Gasteiger partial charge in [0.1, 0.15) is 0 Å². The number of benzene rings is 2. The van der Waals surface area contributed by atoms with E-state index in [0.717, 1.165) is 12.8 Å². The molecule has 0 atom stereocenters. The number of nitro benzene ring substituents is 1. The summed E-state index contributed by atoms with van der Waals surface area (Å²) < 4.78 is 26.4. The van der Waals surface area contributed by atoms with E-state index >= 15 is 0 Å². The van der Waals surface area contributed by atoms with Gasteiger partial charge in [-0.1, -0.05) is 11.6 Å². The third kappa shape index (κ3) is 3.92. The molecule has 0 saturated carbocycles. The van der Waals surface area contributed by atoms with Crippen LogP contribution in [0.3, 0.4) is 0 Å². The Morgan fingerprint density at radius 1 is 1.12 bits per heavy atom. The Morgan fingerprint density at radius 3 is 2.38 bits per heavy atom. The van der Waals surface area contributed by atoms with Crippen LogP contribution in [0.15, 0.2) is 52.4 Å². The van der Waals surface area contributed by atoms with Gasteiger partial charge in [0, 0.05) is 42.0 Å². The summed E-state index contributed by atoms with van der Waals surface area (Å²) in [5, 5.41) is 11.2. The molecule has 1 heterocycles. The second kappa shape index (κ2) is 7.53. The highest BCUT2D eigenvalue weighted by Crippen LogP contribution is 2.24. The quantitative estimate of drug-likeness (QED) is 0.439. The van der Waals surface area contributed by atoms with E-state index in [1.165, 1.54) is 40.9 Å². The monoisotopic (exact) mass is 393 g/mol. The molecule has 136 valence electrons. The molecule has 0 N–H and O–H groups in total. The van der Waals surface area contributed by atoms with Crippen molar-refractivity contribution in [3.8, 4) is 0 Å². The summed E-state index contributed by atoms with van der Waals surface area (Å²) in [6.45, 7) is 1.10. The summed E-state index contributed by atoms with van der Waals surface area (Å²) in [7, 11) is -3.46. The SMILES string of the molecule is O=[N+]([O-])c1ccc(Cl)c(C=Nc2ccc(S(=O)(=O)N3CCCC3)cc2)c1. The molecule has 1 aliphatic rings. The highest BCUT2D eigenvalue weighted by molar-refractivity contribution is 7.89. The molecular formula is C17H16ClN3O4S. The van der Waals surface area contributed by atoms with E-state index in [2.05, 4.69) is 4.99 Å². The van der Waals surface area contributed by atoms with Gasteiger partial charge in [-0.15, -0.1) is 0 Å². The molecule has 3 rings (SSSR count). The van der Waals surface area contributed by atoms with Gasteiger partial charge >= 0.3 is 0 Å². The molecule has 0 bridgehead atoms. The average molecular weight is 394 g/mol. The van der Waals surface area contributed by atoms with E-state index < -0.39 is 14.9 Å². The first-order valence-electron chi connectivity index (χ1n) is 7.96. The van der Waals surface area contributed by atoms with Gasteiger partial charge in [0.15, 0.2) is 0 Å². The van der Waals surface area contributed by atoms with Gasteiger partial charge in [-0.25, -0.2) is 8.42 Å². The van der Waals surface area contributed by atoms with E-state index in [1.807, 2.05) is 0 Å². The van der Waals surface area contributed by atoms with Crippen LogP contribution in [0.4, 0.5) is 11.4 Å². The number of non-ortho nitro benzene ring substituents is 1. The van der Waals surface area contributed by atoms with Gasteiger partial charge in [0.2, 0.25) is 10.0 Å². The van der Waals surface area contributed by atoms with Crippen LogP contribution in [0.2, 0.25) is 5.02 Å². The topological polar surface area (TPSA) is 92.9 Å². The largest absolute Gasteiger partial charge is 0.270 e. The van der Waals surface area contributed by atoms with Gasteiger partial charge < -0.3 is 0 Å². The van der Waals surface area contributed by atoms with Gasteiger partial charge in [0.05, 0.1) is 15.5 Å². The Labute approximate surface area is 156 Å². The summed E-state index contributed by atoms with van der Waals surface area (Å²) in [6, 6.07) is 10.3. The van der Waals surface area contributed by atoms with Crippen molar-refractivity contribution in [3.05, 3.63) is 63.2 Å². The Bertz CT molecular complexity index is 952. The molecule has 0 amide bonds. The Kier molecular flexibility index (Phi) is 5.36. The third-order valence-electron chi connectivity index (χ3n) is 4.08. The lowest BCUT2D eigenvalue weighted by Gasteiger charge is -2.15. The van der Waals surface area contributed by atoms with Crippen molar-refractivity contribution < 1.29 is 13.3 Å². The minimum Gasteiger partial charge on any atom is -0.258 e. The standard InChI is InChI=1S/C17H16ClN3O4S/c18-17-8-5-15(21(22)23)11-13(17)12-19-14-3-6-16(7-4-14)26(24,25)20-9-1-2-10-20/h3-8,11-12H,1-2,9-10H2. The van der Waals surface area contributed by atoms with E-state index in [1.54, 1.807) is 12.1 Å². The minimum atomic E-state index is -3.46. The molecule has 2 aromatic carbocycles. The molecule has 0 aromatic heterocycles. The van der Waals surface area contributed by atoms with Crippen molar-refractivity contribution in [2.24, 2.45) is 4.99 Å². The summed E-state index contributed by atoms with van der Waals surface area (Å²) in [6.07, 6.45) is 3.18. The summed E-state index contributed by atoms with van der Waals surface area (Å²) >= 11 is 6.03. The fourth-order valence-electron chi connectivity index (χ4n) is 2.67. The van der Waals surface area contributed by atoms with Crippen LogP contribution in [-0.4, -0.2) is 37.0 Å². The maximum absolute atomic E-state index is 12.5. The summed E-state index contributed by atoms with van der Waals surface area (Å²) in [5.41, 5.74) is 0.852. The number of nitrogens with zero attached hydrogens (tertiary/aromatic N) is 3. The van der Waals surface area contributed by atoms with Crippen LogP contribution in [0, 0.1) is 10.1 Å². The number of hydrogen-bond donors (Lipinski definition) is 0. The third-order valence-corrected chi connectivity index (χ3v) is 6.34. The second-order valence-electron chi connectivity index (χ2n) is 5.83. The number of halogens is 1. The summed E-state index contributed by atoms with van der Waals surface area (Å²) in [4.78, 5) is 14.8. The van der Waals surface area contributed by atoms with Crippen LogP contribution in [0.1, 0.15) is 18.4 Å². The Balaban J connectivity index is 1.80. The molecular weight excluding hydrogens is 378 g/mol. The van der Waals surface area contributed by atoms with Crippen molar-refractivity contribution in [2.75, 3.05) is 13.1 Å². The molecule has 26 heavy (non-hydrogen) atoms. The molecule has 2 aromatic rings. The predicted octanol–water partition coefficient (Wildman–Crippen LogP) is 3.78. The summed E-state index contributed by atoms with van der Waals surface area (Å²) in [5.74, 6) is 0. The minimum absolute atomic E-state index is 0.0806. The van der Waals surface area contributed by atoms with E-state index in [9.17, 15) is 18.5 Å². The maximum Gasteiger partial charge on any atom is 0.270 e. The normalized spacial score (nSPS) is 15.6. The highest BCUT2D eigenvalue weighted by Gasteiger charge is 2.26. The number of aliphatic imine (C=N–C) groups is 1. The van der Waals surface area contributed by atoms with E-state index in [-0.39, 0.29) is 10.6 Å². The number of nitro groups is 1. The Morgan fingerprint density at radius 2 is 1.77 bits per heavy atom. The zero-order valence-electron chi connectivity index (χ0n) is 13.7. The first-order valence-corrected chi connectivity index (χ1v) is 9.78. The number of sulfonamides is 1. The van der Waals surface area contributed by atoms with Gasteiger partial charge in [0.25, 0.3) is 5.69 Å². The first-order chi connectivity index (χ1) is 12.4. The highest BCUT2D eigenvalue weighted by atomic mass is 35.5. The van der Waals surface area contributed by atoms with Crippen molar-refractivity contribution in [1.29, 1.82) is 0 Å². The fraction of sp³-hybridized carbons (Fsp3) is 0.235. The smallest absolute Gasteiger partial charge is 0.258 e.